The number of amides is 2. The van der Waals surface area contributed by atoms with Gasteiger partial charge >= 0.3 is 0 Å². The number of hydrogen-bond acceptors (Lipinski definition) is 4. The Hall–Kier alpha value is -1.86. The van der Waals surface area contributed by atoms with Gasteiger partial charge in [0.25, 0.3) is 5.91 Å². The zero-order chi connectivity index (χ0) is 21.1. The van der Waals surface area contributed by atoms with Crippen LogP contribution in [-0.4, -0.2) is 69.2 Å². The number of morpholine rings is 1. The highest BCUT2D eigenvalue weighted by Gasteiger charge is 2.21. The molecule has 1 aromatic heterocycles. The lowest BCUT2D eigenvalue weighted by atomic mass is 10.1. The molecule has 2 rings (SSSR count). The summed E-state index contributed by atoms with van der Waals surface area (Å²) in [6.45, 7) is 12.1. The fourth-order valence-corrected chi connectivity index (χ4v) is 3.67. The van der Waals surface area contributed by atoms with Crippen LogP contribution in [0.15, 0.2) is 10.5 Å². The summed E-state index contributed by atoms with van der Waals surface area (Å²) >= 11 is 0. The molecule has 0 bridgehead atoms. The number of hydrogen-bond donors (Lipinski definition) is 2. The Labute approximate surface area is 174 Å². The van der Waals surface area contributed by atoms with Crippen LogP contribution in [0.25, 0.3) is 0 Å². The second-order valence-electron chi connectivity index (χ2n) is 7.89. The van der Waals surface area contributed by atoms with Crippen molar-refractivity contribution in [3.05, 3.63) is 23.2 Å². The fourth-order valence-electron chi connectivity index (χ4n) is 3.67. The van der Waals surface area contributed by atoms with Crippen molar-refractivity contribution in [1.29, 1.82) is 0 Å². The predicted octanol–water partition coefficient (Wildman–Crippen LogP) is 1.34. The third kappa shape index (κ3) is 8.19. The first-order chi connectivity index (χ1) is 14.0. The number of carbonyl (C=O) groups is 2. The zero-order valence-electron chi connectivity index (χ0n) is 18.3. The SMILES string of the molecule is CCCCCCN(CCC(=O)NCC[NH+]1CCOCC1)C(=O)c1cc(C)oc1C. The molecule has 0 unspecified atom stereocenters. The van der Waals surface area contributed by atoms with E-state index in [-0.39, 0.29) is 11.8 Å². The van der Waals surface area contributed by atoms with E-state index in [1.165, 1.54) is 4.90 Å². The van der Waals surface area contributed by atoms with Crippen molar-refractivity contribution in [2.24, 2.45) is 0 Å². The molecule has 1 saturated heterocycles. The summed E-state index contributed by atoms with van der Waals surface area (Å²) in [5.74, 6) is 1.34. The van der Waals surface area contributed by atoms with E-state index in [0.717, 1.165) is 64.3 Å². The van der Waals surface area contributed by atoms with E-state index in [2.05, 4.69) is 12.2 Å². The number of rotatable bonds is 12. The van der Waals surface area contributed by atoms with Gasteiger partial charge in [0.05, 0.1) is 31.9 Å². The molecule has 1 aromatic rings. The van der Waals surface area contributed by atoms with E-state index in [1.54, 1.807) is 11.0 Å². The number of nitrogens with one attached hydrogen (secondary N) is 2. The summed E-state index contributed by atoms with van der Waals surface area (Å²) in [7, 11) is 0. The molecular formula is C22H38N3O4+. The number of unbranched alkanes of at least 4 members (excludes halogenated alkanes) is 3. The molecule has 1 aliphatic heterocycles. The maximum atomic E-state index is 13.0. The first kappa shape index (κ1) is 23.4. The van der Waals surface area contributed by atoms with Crippen molar-refractivity contribution in [1.82, 2.24) is 10.2 Å². The van der Waals surface area contributed by atoms with Gasteiger partial charge in [0.15, 0.2) is 0 Å². The van der Waals surface area contributed by atoms with Crippen LogP contribution in [0.3, 0.4) is 0 Å². The zero-order valence-corrected chi connectivity index (χ0v) is 18.3. The highest BCUT2D eigenvalue weighted by atomic mass is 16.5. The average Bonchev–Trinajstić information content (AvgIpc) is 3.05. The second-order valence-corrected chi connectivity index (χ2v) is 7.89. The van der Waals surface area contributed by atoms with Crippen LogP contribution in [-0.2, 0) is 9.53 Å². The van der Waals surface area contributed by atoms with Crippen LogP contribution >= 0.6 is 0 Å². The van der Waals surface area contributed by atoms with Crippen molar-refractivity contribution < 1.29 is 23.6 Å². The summed E-state index contributed by atoms with van der Waals surface area (Å²) in [5.41, 5.74) is 0.606. The van der Waals surface area contributed by atoms with Gasteiger partial charge < -0.3 is 24.3 Å². The largest absolute Gasteiger partial charge is 0.466 e. The van der Waals surface area contributed by atoms with E-state index < -0.39 is 0 Å². The van der Waals surface area contributed by atoms with Crippen LogP contribution in [0.5, 0.6) is 0 Å². The lowest BCUT2D eigenvalue weighted by molar-refractivity contribution is -0.906. The van der Waals surface area contributed by atoms with Crippen LogP contribution in [0.4, 0.5) is 0 Å². The standard InChI is InChI=1S/C22H37N3O4/c1-4-5-6-7-10-25(22(27)20-17-18(2)29-19(20)3)11-8-21(26)23-9-12-24-13-15-28-16-14-24/h17H,4-16H2,1-3H3,(H,23,26)/p+1. The number of quaternary nitrogens is 1. The molecule has 29 heavy (non-hydrogen) atoms. The minimum absolute atomic E-state index is 0.00381. The Morgan fingerprint density at radius 2 is 1.90 bits per heavy atom. The van der Waals surface area contributed by atoms with Crippen LogP contribution in [0.2, 0.25) is 0 Å². The number of aryl methyl sites for hydroxylation is 2. The molecular weight excluding hydrogens is 370 g/mol. The van der Waals surface area contributed by atoms with Gasteiger partial charge in [-0.25, -0.2) is 0 Å². The molecule has 7 heteroatoms. The summed E-state index contributed by atoms with van der Waals surface area (Å²) < 4.78 is 10.9. The first-order valence-electron chi connectivity index (χ1n) is 11.1. The van der Waals surface area contributed by atoms with E-state index in [4.69, 9.17) is 9.15 Å². The Kier molecular flexibility index (Phi) is 10.2. The summed E-state index contributed by atoms with van der Waals surface area (Å²) in [6.07, 6.45) is 4.70. The normalized spacial score (nSPS) is 14.7. The second kappa shape index (κ2) is 12.6. The minimum Gasteiger partial charge on any atom is -0.466 e. The third-order valence-corrected chi connectivity index (χ3v) is 5.45. The van der Waals surface area contributed by atoms with Gasteiger partial charge in [0.2, 0.25) is 5.91 Å². The van der Waals surface area contributed by atoms with Gasteiger partial charge in [0, 0.05) is 19.5 Å². The lowest BCUT2D eigenvalue weighted by Crippen LogP contribution is -3.14. The molecule has 164 valence electrons. The molecule has 0 radical (unpaired) electrons. The van der Waals surface area contributed by atoms with E-state index in [1.807, 2.05) is 13.8 Å². The van der Waals surface area contributed by atoms with Crippen molar-refractivity contribution in [2.75, 3.05) is 52.5 Å². The molecule has 7 nitrogen and oxygen atoms in total. The molecule has 1 fully saturated rings. The first-order valence-corrected chi connectivity index (χ1v) is 11.1. The van der Waals surface area contributed by atoms with Crippen molar-refractivity contribution in [2.45, 2.75) is 52.9 Å². The van der Waals surface area contributed by atoms with Crippen molar-refractivity contribution >= 4 is 11.8 Å². The Morgan fingerprint density at radius 3 is 2.55 bits per heavy atom. The van der Waals surface area contributed by atoms with Gasteiger partial charge in [-0.3, -0.25) is 9.59 Å². The summed E-state index contributed by atoms with van der Waals surface area (Å²) in [5, 5.41) is 3.00. The molecule has 2 N–H and O–H groups in total. The number of nitrogens with zero attached hydrogens (tertiary/aromatic N) is 1. The maximum Gasteiger partial charge on any atom is 0.257 e. The van der Waals surface area contributed by atoms with Crippen LogP contribution < -0.4 is 10.2 Å². The van der Waals surface area contributed by atoms with Crippen molar-refractivity contribution in [3.63, 3.8) is 0 Å². The lowest BCUT2D eigenvalue weighted by Gasteiger charge is -2.24. The predicted molar refractivity (Wildman–Crippen MR) is 112 cm³/mol. The molecule has 0 aliphatic carbocycles. The van der Waals surface area contributed by atoms with Crippen LogP contribution in [0.1, 0.15) is 60.9 Å². The quantitative estimate of drug-likeness (QED) is 0.512. The topological polar surface area (TPSA) is 76.2 Å². The van der Waals surface area contributed by atoms with Gasteiger partial charge in [-0.15, -0.1) is 0 Å². The molecule has 0 atom stereocenters. The molecule has 0 saturated carbocycles. The van der Waals surface area contributed by atoms with E-state index >= 15 is 0 Å². The average molecular weight is 409 g/mol. The highest BCUT2D eigenvalue weighted by molar-refractivity contribution is 5.95. The highest BCUT2D eigenvalue weighted by Crippen LogP contribution is 2.17. The van der Waals surface area contributed by atoms with Gasteiger partial charge in [-0.1, -0.05) is 26.2 Å². The smallest absolute Gasteiger partial charge is 0.257 e. The Balaban J connectivity index is 1.81. The molecule has 0 spiro atoms. The number of carbonyl (C=O) groups excluding carboxylic acids is 2. The third-order valence-electron chi connectivity index (χ3n) is 5.45. The maximum absolute atomic E-state index is 13.0. The molecule has 2 heterocycles. The minimum atomic E-state index is -0.0404. The number of ether oxygens (including phenoxy) is 1. The van der Waals surface area contributed by atoms with Crippen molar-refractivity contribution in [3.8, 4) is 0 Å². The molecule has 1 aliphatic rings. The Morgan fingerprint density at radius 1 is 1.14 bits per heavy atom. The van der Waals surface area contributed by atoms with Gasteiger partial charge in [-0.05, 0) is 26.3 Å². The monoisotopic (exact) mass is 408 g/mol. The fraction of sp³-hybridized carbons (Fsp3) is 0.727. The van der Waals surface area contributed by atoms with Gasteiger partial charge in [-0.2, -0.15) is 0 Å². The summed E-state index contributed by atoms with van der Waals surface area (Å²) in [6, 6.07) is 1.79. The molecule has 0 aromatic carbocycles. The van der Waals surface area contributed by atoms with Gasteiger partial charge in [0.1, 0.15) is 24.6 Å². The Bertz CT molecular complexity index is 638. The summed E-state index contributed by atoms with van der Waals surface area (Å²) in [4.78, 5) is 28.6. The van der Waals surface area contributed by atoms with Crippen LogP contribution in [0, 0.1) is 13.8 Å². The number of furan rings is 1. The van der Waals surface area contributed by atoms with E-state index in [0.29, 0.717) is 37.4 Å². The molecule has 2 amide bonds. The van der Waals surface area contributed by atoms with E-state index in [9.17, 15) is 9.59 Å².